The van der Waals surface area contributed by atoms with Crippen molar-refractivity contribution in [3.05, 3.63) is 29.5 Å². The van der Waals surface area contributed by atoms with Crippen LogP contribution in [0.25, 0.3) is 0 Å². The van der Waals surface area contributed by atoms with Gasteiger partial charge >= 0.3 is 0 Å². The summed E-state index contributed by atoms with van der Waals surface area (Å²) in [6.45, 7) is 1.87. The Bertz CT molecular complexity index is 426. The van der Waals surface area contributed by atoms with E-state index in [1.807, 2.05) is 24.3 Å². The molecule has 2 aliphatic heterocycles. The Morgan fingerprint density at radius 2 is 2.00 bits per heavy atom. The average molecular weight is 217 g/mol. The van der Waals surface area contributed by atoms with E-state index in [1.54, 1.807) is 6.34 Å². The van der Waals surface area contributed by atoms with E-state index in [-0.39, 0.29) is 10.7 Å². The Kier molecular flexibility index (Phi) is 2.28. The molecule has 1 aromatic rings. The molecular formula is C12H15N3O. The highest BCUT2D eigenvalue weighted by atomic mass is 16.5. The summed E-state index contributed by atoms with van der Waals surface area (Å²) in [4.78, 5) is 4.24. The van der Waals surface area contributed by atoms with Crippen LogP contribution in [0.1, 0.15) is 12.8 Å². The van der Waals surface area contributed by atoms with Crippen molar-refractivity contribution in [2.75, 3.05) is 13.1 Å². The van der Waals surface area contributed by atoms with Crippen LogP contribution in [0.2, 0.25) is 0 Å². The van der Waals surface area contributed by atoms with Gasteiger partial charge in [0.25, 0.3) is 0 Å². The number of aliphatic imine (C=N–C) groups is 1. The summed E-state index contributed by atoms with van der Waals surface area (Å²) >= 11 is 0. The van der Waals surface area contributed by atoms with Crippen molar-refractivity contribution in [3.63, 3.8) is 0 Å². The van der Waals surface area contributed by atoms with E-state index < -0.39 is 0 Å². The number of nitrogens with zero attached hydrogens (tertiary/aromatic N) is 2. The van der Waals surface area contributed by atoms with E-state index in [2.05, 4.69) is 10.3 Å². The third kappa shape index (κ3) is 1.38. The van der Waals surface area contributed by atoms with Crippen molar-refractivity contribution in [3.8, 4) is 0 Å². The average Bonchev–Trinajstić information content (AvgIpc) is 2.71. The monoisotopic (exact) mass is 217 g/mol. The number of benzene rings is 1. The van der Waals surface area contributed by atoms with Gasteiger partial charge in [-0.1, -0.05) is 12.1 Å². The molecule has 4 heteroatoms. The van der Waals surface area contributed by atoms with Crippen LogP contribution in [0.3, 0.4) is 0 Å². The molecule has 0 bridgehead atoms. The van der Waals surface area contributed by atoms with Crippen LogP contribution >= 0.6 is 0 Å². The first-order chi connectivity index (χ1) is 7.81. The van der Waals surface area contributed by atoms with Gasteiger partial charge in [-0.25, -0.2) is 0 Å². The molecule has 1 fully saturated rings. The molecule has 84 valence electrons. The lowest BCUT2D eigenvalue weighted by atomic mass is 10.0. The molecule has 0 radical (unpaired) electrons. The van der Waals surface area contributed by atoms with Gasteiger partial charge in [-0.2, -0.15) is 4.99 Å². The van der Waals surface area contributed by atoms with Crippen molar-refractivity contribution in [2.45, 2.75) is 18.9 Å². The van der Waals surface area contributed by atoms with Crippen LogP contribution in [0.15, 0.2) is 29.3 Å². The molecule has 4 nitrogen and oxygen atoms in total. The zero-order valence-corrected chi connectivity index (χ0v) is 9.10. The highest BCUT2D eigenvalue weighted by Gasteiger charge is 2.36. The van der Waals surface area contributed by atoms with Gasteiger partial charge in [-0.3, -0.25) is 4.65 Å². The molecular weight excluding hydrogens is 202 g/mol. The zero-order valence-electron chi connectivity index (χ0n) is 9.10. The normalized spacial score (nSPS) is 29.3. The fourth-order valence-corrected chi connectivity index (χ4v) is 2.56. The second kappa shape index (κ2) is 3.66. The quantitative estimate of drug-likeness (QED) is 0.577. The van der Waals surface area contributed by atoms with Crippen LogP contribution in [0.4, 0.5) is 11.4 Å². The summed E-state index contributed by atoms with van der Waals surface area (Å²) in [5.74, 6) is 0. The van der Waals surface area contributed by atoms with Crippen molar-refractivity contribution in [1.29, 1.82) is 0 Å². The number of para-hydroxylation sites is 2. The summed E-state index contributed by atoms with van der Waals surface area (Å²) in [5.41, 5.74) is 1.63. The lowest BCUT2D eigenvalue weighted by Crippen LogP contribution is -2.53. The van der Waals surface area contributed by atoms with Gasteiger partial charge in [0.2, 0.25) is 0 Å². The van der Waals surface area contributed by atoms with Crippen molar-refractivity contribution >= 4 is 17.7 Å². The number of fused-ring (bicyclic) bond motifs is 1. The van der Waals surface area contributed by atoms with E-state index >= 15 is 0 Å². The van der Waals surface area contributed by atoms with Gasteiger partial charge in [-0.15, -0.1) is 0 Å². The summed E-state index contributed by atoms with van der Waals surface area (Å²) in [6, 6.07) is 7.77. The second-order valence-corrected chi connectivity index (χ2v) is 4.42. The maximum absolute atomic E-state index is 12.8. The molecule has 0 spiro atoms. The van der Waals surface area contributed by atoms with Crippen LogP contribution in [0.5, 0.6) is 0 Å². The predicted molar refractivity (Wildman–Crippen MR) is 65.6 cm³/mol. The van der Waals surface area contributed by atoms with Crippen LogP contribution in [0, 0.1) is 5.21 Å². The van der Waals surface area contributed by atoms with E-state index in [1.165, 1.54) is 0 Å². The fraction of sp³-hybridized carbons (Fsp3) is 0.417. The largest absolute Gasteiger partial charge is 0.621 e. The predicted octanol–water partition coefficient (Wildman–Crippen LogP) is 1.92. The molecule has 2 heterocycles. The lowest BCUT2D eigenvalue weighted by Gasteiger charge is -2.43. The summed E-state index contributed by atoms with van der Waals surface area (Å²) in [5, 5.41) is 16.1. The van der Waals surface area contributed by atoms with E-state index in [9.17, 15) is 5.21 Å². The number of hydrogen-bond acceptors (Lipinski definition) is 3. The van der Waals surface area contributed by atoms with Crippen LogP contribution < -0.4 is 9.96 Å². The Labute approximate surface area is 94.8 Å². The molecule has 1 N–H and O–H groups in total. The second-order valence-electron chi connectivity index (χ2n) is 4.42. The van der Waals surface area contributed by atoms with Crippen molar-refractivity contribution in [1.82, 2.24) is 9.96 Å². The van der Waals surface area contributed by atoms with E-state index in [4.69, 9.17) is 0 Å². The molecule has 1 unspecified atom stereocenters. The Hall–Kier alpha value is -1.23. The van der Waals surface area contributed by atoms with Gasteiger partial charge in [-0.05, 0) is 6.07 Å². The van der Waals surface area contributed by atoms with Gasteiger partial charge < -0.3 is 10.5 Å². The third-order valence-corrected chi connectivity index (χ3v) is 3.48. The van der Waals surface area contributed by atoms with Crippen molar-refractivity contribution in [2.24, 2.45) is 4.99 Å². The standard InChI is InChI=1S/C12H15N3O/c16-15(10-5-7-13-8-6-10)9-14-11-3-1-2-4-12(11)15/h1-4,9-10,13H,5-8H2. The minimum atomic E-state index is -0.363. The van der Waals surface area contributed by atoms with Crippen molar-refractivity contribution < 1.29 is 0 Å². The van der Waals surface area contributed by atoms with Gasteiger partial charge in [0.05, 0.1) is 0 Å². The Morgan fingerprint density at radius 1 is 1.25 bits per heavy atom. The zero-order chi connectivity index (χ0) is 11.0. The summed E-state index contributed by atoms with van der Waals surface area (Å²) in [6.07, 6.45) is 3.40. The Balaban J connectivity index is 1.97. The summed E-state index contributed by atoms with van der Waals surface area (Å²) in [7, 11) is 0. The maximum atomic E-state index is 12.8. The smallest absolute Gasteiger partial charge is 0.196 e. The lowest BCUT2D eigenvalue weighted by molar-refractivity contribution is 0.319. The van der Waals surface area contributed by atoms with Crippen LogP contribution in [-0.4, -0.2) is 25.5 Å². The number of piperidine rings is 1. The number of hydrogen-bond donors (Lipinski definition) is 1. The molecule has 0 amide bonds. The molecule has 0 saturated carbocycles. The fourth-order valence-electron chi connectivity index (χ4n) is 2.56. The molecule has 1 aromatic carbocycles. The highest BCUT2D eigenvalue weighted by molar-refractivity contribution is 5.89. The number of hydroxylamine groups is 2. The maximum Gasteiger partial charge on any atom is 0.196 e. The van der Waals surface area contributed by atoms with Crippen LogP contribution in [-0.2, 0) is 0 Å². The van der Waals surface area contributed by atoms with Gasteiger partial charge in [0, 0.05) is 32.0 Å². The van der Waals surface area contributed by atoms with Gasteiger partial charge in [0.1, 0.15) is 11.7 Å². The molecule has 1 atom stereocenters. The molecule has 2 aliphatic rings. The number of quaternary nitrogens is 1. The first kappa shape index (κ1) is 9.96. The number of nitrogens with one attached hydrogen (secondary N) is 1. The van der Waals surface area contributed by atoms with Gasteiger partial charge in [0.15, 0.2) is 12.0 Å². The molecule has 0 aromatic heterocycles. The molecule has 3 rings (SSSR count). The minimum absolute atomic E-state index is 0.119. The first-order valence-corrected chi connectivity index (χ1v) is 5.76. The topological polar surface area (TPSA) is 47.4 Å². The SMILES string of the molecule is [O-][N+]1(C2CCNCC2)C=Nc2ccccc21. The molecule has 1 saturated heterocycles. The molecule has 16 heavy (non-hydrogen) atoms. The first-order valence-electron chi connectivity index (χ1n) is 5.76. The molecule has 0 aliphatic carbocycles. The summed E-state index contributed by atoms with van der Waals surface area (Å²) < 4.78 is -0.363. The van der Waals surface area contributed by atoms with E-state index in [0.717, 1.165) is 37.3 Å². The Morgan fingerprint density at radius 3 is 2.81 bits per heavy atom. The van der Waals surface area contributed by atoms with E-state index in [0.29, 0.717) is 0 Å². The minimum Gasteiger partial charge on any atom is -0.621 e. The highest BCUT2D eigenvalue weighted by Crippen LogP contribution is 2.40. The third-order valence-electron chi connectivity index (χ3n) is 3.48. The number of rotatable bonds is 1.